The third-order valence-corrected chi connectivity index (χ3v) is 4.28. The van der Waals surface area contributed by atoms with Crippen molar-refractivity contribution in [3.8, 4) is 0 Å². The molecule has 1 fully saturated rings. The fourth-order valence-electron chi connectivity index (χ4n) is 2.76. The van der Waals surface area contributed by atoms with Crippen LogP contribution in [0.1, 0.15) is 23.8 Å². The number of hydrogen-bond acceptors (Lipinski definition) is 4. The van der Waals surface area contributed by atoms with E-state index < -0.39 is 0 Å². The van der Waals surface area contributed by atoms with Gasteiger partial charge in [-0.2, -0.15) is 5.10 Å². The Morgan fingerprint density at radius 2 is 2.13 bits per heavy atom. The summed E-state index contributed by atoms with van der Waals surface area (Å²) in [5.41, 5.74) is 0.264. The lowest BCUT2D eigenvalue weighted by molar-refractivity contribution is -0.125. The fraction of sp³-hybridized carbons (Fsp3) is 0.667. The molecule has 1 aliphatic rings. The number of halogens is 1. The van der Waals surface area contributed by atoms with E-state index in [2.05, 4.69) is 15.3 Å². The number of carbonyl (C=O) groups is 2. The Morgan fingerprint density at radius 1 is 1.39 bits per heavy atom. The molecule has 2 amide bonds. The van der Waals surface area contributed by atoms with Crippen LogP contribution in [0.25, 0.3) is 0 Å². The van der Waals surface area contributed by atoms with Crippen LogP contribution in [0.2, 0.25) is 5.02 Å². The van der Waals surface area contributed by atoms with Crippen LogP contribution in [-0.2, 0) is 11.3 Å². The molecule has 1 aromatic heterocycles. The number of likely N-dealkylation sites (N-methyl/N-ethyl adjacent to an activating group) is 1. The van der Waals surface area contributed by atoms with E-state index in [1.54, 1.807) is 22.8 Å². The maximum absolute atomic E-state index is 12.8. The molecule has 1 atom stereocenters. The molecule has 0 radical (unpaired) electrons. The Hall–Kier alpha value is -1.60. The Labute approximate surface area is 141 Å². The van der Waals surface area contributed by atoms with E-state index in [0.29, 0.717) is 31.2 Å². The summed E-state index contributed by atoms with van der Waals surface area (Å²) in [6.45, 7) is 5.03. The molecule has 1 aromatic rings. The van der Waals surface area contributed by atoms with Crippen molar-refractivity contribution >= 4 is 23.4 Å². The second-order valence-electron chi connectivity index (χ2n) is 5.91. The van der Waals surface area contributed by atoms with Crippen LogP contribution in [-0.4, -0.2) is 71.7 Å². The largest absolute Gasteiger partial charge is 0.359 e. The first-order chi connectivity index (χ1) is 11.0. The van der Waals surface area contributed by atoms with E-state index in [0.717, 1.165) is 13.0 Å². The zero-order chi connectivity index (χ0) is 17.0. The molecule has 2 rings (SSSR count). The van der Waals surface area contributed by atoms with E-state index in [1.165, 1.54) is 0 Å². The number of carbonyl (C=O) groups excluding carboxylic acids is 2. The van der Waals surface area contributed by atoms with Crippen LogP contribution in [0.15, 0.2) is 6.20 Å². The minimum atomic E-state index is -0.257. The second-order valence-corrected chi connectivity index (χ2v) is 6.32. The second kappa shape index (κ2) is 7.79. The highest BCUT2D eigenvalue weighted by molar-refractivity contribution is 6.33. The highest BCUT2D eigenvalue weighted by atomic mass is 35.5. The number of hydrogen-bond donors (Lipinski definition) is 1. The van der Waals surface area contributed by atoms with Crippen LogP contribution in [0.3, 0.4) is 0 Å². The Kier molecular flexibility index (Phi) is 6.01. The van der Waals surface area contributed by atoms with Gasteiger partial charge < -0.3 is 15.1 Å². The lowest BCUT2D eigenvalue weighted by Gasteiger charge is -2.22. The van der Waals surface area contributed by atoms with Crippen LogP contribution in [0, 0.1) is 5.92 Å². The van der Waals surface area contributed by atoms with Gasteiger partial charge in [0.25, 0.3) is 5.91 Å². The first-order valence-electron chi connectivity index (χ1n) is 7.88. The van der Waals surface area contributed by atoms with Gasteiger partial charge in [-0.3, -0.25) is 14.3 Å². The first-order valence-corrected chi connectivity index (χ1v) is 8.26. The average molecular weight is 342 g/mol. The predicted molar refractivity (Wildman–Crippen MR) is 88.5 cm³/mol. The molecule has 0 saturated carbocycles. The Balaban J connectivity index is 2.18. The van der Waals surface area contributed by atoms with Crippen LogP contribution >= 0.6 is 11.6 Å². The van der Waals surface area contributed by atoms with Crippen LogP contribution in [0.4, 0.5) is 0 Å². The first kappa shape index (κ1) is 17.7. The lowest BCUT2D eigenvalue weighted by atomic mass is 10.1. The fourth-order valence-corrected chi connectivity index (χ4v) is 3.00. The number of aryl methyl sites for hydroxylation is 1. The summed E-state index contributed by atoms with van der Waals surface area (Å²) in [7, 11) is 3.57. The number of nitrogens with zero attached hydrogens (tertiary/aromatic N) is 4. The van der Waals surface area contributed by atoms with Gasteiger partial charge in [0.05, 0.1) is 10.9 Å². The molecule has 128 valence electrons. The molecule has 23 heavy (non-hydrogen) atoms. The Bertz CT molecular complexity index is 574. The van der Waals surface area contributed by atoms with Crippen molar-refractivity contribution in [2.24, 2.45) is 5.92 Å². The zero-order valence-corrected chi connectivity index (χ0v) is 14.6. The third kappa shape index (κ3) is 4.23. The molecule has 7 nitrogen and oxygen atoms in total. The van der Waals surface area contributed by atoms with Gasteiger partial charge in [0.2, 0.25) is 5.91 Å². The molecule has 1 aliphatic heterocycles. The zero-order valence-electron chi connectivity index (χ0n) is 13.9. The van der Waals surface area contributed by atoms with Gasteiger partial charge in [-0.25, -0.2) is 0 Å². The van der Waals surface area contributed by atoms with Crippen molar-refractivity contribution in [3.05, 3.63) is 16.9 Å². The highest BCUT2D eigenvalue weighted by Crippen LogP contribution is 2.18. The minimum Gasteiger partial charge on any atom is -0.359 e. The lowest BCUT2D eigenvalue weighted by Crippen LogP contribution is -2.41. The van der Waals surface area contributed by atoms with Gasteiger partial charge in [-0.15, -0.1) is 0 Å². The molecule has 8 heteroatoms. The SMILES string of the molecule is CCCn1cc(Cl)c(C(=O)N2CCN(C)C[C@@H](C(=O)NC)C2)n1. The highest BCUT2D eigenvalue weighted by Gasteiger charge is 2.30. The van der Waals surface area contributed by atoms with E-state index in [-0.39, 0.29) is 23.4 Å². The normalized spacial score (nSPS) is 19.5. The van der Waals surface area contributed by atoms with Gasteiger partial charge in [0, 0.05) is 46.0 Å². The minimum absolute atomic E-state index is 0.0563. The standard InChI is InChI=1S/C15H24ClN5O2/c1-4-5-21-10-12(16)13(18-21)15(23)20-7-6-19(3)8-11(9-20)14(22)17-2/h10-11H,4-9H2,1-3H3,(H,17,22)/t11-/m1/s1. The predicted octanol–water partition coefficient (Wildman–Crippen LogP) is 0.696. The van der Waals surface area contributed by atoms with Gasteiger partial charge in [-0.05, 0) is 13.5 Å². The molecule has 0 bridgehead atoms. The summed E-state index contributed by atoms with van der Waals surface area (Å²) in [5.74, 6) is -0.527. The monoisotopic (exact) mass is 341 g/mol. The third-order valence-electron chi connectivity index (χ3n) is 4.00. The van der Waals surface area contributed by atoms with Crippen LogP contribution < -0.4 is 5.32 Å². The van der Waals surface area contributed by atoms with Gasteiger partial charge in [0.15, 0.2) is 5.69 Å². The van der Waals surface area contributed by atoms with Crippen molar-refractivity contribution in [1.82, 2.24) is 24.9 Å². The van der Waals surface area contributed by atoms with E-state index >= 15 is 0 Å². The molecule has 1 saturated heterocycles. The molecule has 0 spiro atoms. The molecule has 2 heterocycles. The maximum Gasteiger partial charge on any atom is 0.275 e. The molecule has 0 aromatic carbocycles. The van der Waals surface area contributed by atoms with E-state index in [9.17, 15) is 9.59 Å². The molecule has 0 unspecified atom stereocenters. The summed E-state index contributed by atoms with van der Waals surface area (Å²) in [5, 5.41) is 7.32. The Morgan fingerprint density at radius 3 is 2.78 bits per heavy atom. The van der Waals surface area contributed by atoms with Gasteiger partial charge in [0.1, 0.15) is 0 Å². The van der Waals surface area contributed by atoms with Crippen molar-refractivity contribution in [2.75, 3.05) is 40.3 Å². The summed E-state index contributed by atoms with van der Waals surface area (Å²) in [6.07, 6.45) is 2.59. The van der Waals surface area contributed by atoms with Gasteiger partial charge in [-0.1, -0.05) is 18.5 Å². The summed E-state index contributed by atoms with van der Waals surface area (Å²) >= 11 is 6.17. The van der Waals surface area contributed by atoms with Gasteiger partial charge >= 0.3 is 0 Å². The number of rotatable bonds is 4. The smallest absolute Gasteiger partial charge is 0.275 e. The molecule has 0 aliphatic carbocycles. The summed E-state index contributed by atoms with van der Waals surface area (Å²) in [6, 6.07) is 0. The number of aromatic nitrogens is 2. The maximum atomic E-state index is 12.8. The van der Waals surface area contributed by atoms with Crippen LogP contribution in [0.5, 0.6) is 0 Å². The summed E-state index contributed by atoms with van der Waals surface area (Å²) in [4.78, 5) is 28.5. The number of amides is 2. The van der Waals surface area contributed by atoms with Crippen molar-refractivity contribution < 1.29 is 9.59 Å². The average Bonchev–Trinajstić information content (AvgIpc) is 2.77. The summed E-state index contributed by atoms with van der Waals surface area (Å²) < 4.78 is 1.69. The molecule has 1 N–H and O–H groups in total. The quantitative estimate of drug-likeness (QED) is 0.875. The van der Waals surface area contributed by atoms with Crippen molar-refractivity contribution in [3.63, 3.8) is 0 Å². The molecular weight excluding hydrogens is 318 g/mol. The number of nitrogens with one attached hydrogen (secondary N) is 1. The molecular formula is C15H24ClN5O2. The van der Waals surface area contributed by atoms with Crippen molar-refractivity contribution in [2.45, 2.75) is 19.9 Å². The van der Waals surface area contributed by atoms with Crippen molar-refractivity contribution in [1.29, 1.82) is 0 Å². The van der Waals surface area contributed by atoms with E-state index in [4.69, 9.17) is 11.6 Å². The van der Waals surface area contributed by atoms with E-state index in [1.807, 2.05) is 14.0 Å². The topological polar surface area (TPSA) is 70.5 Å².